The molecule has 8 heteroatoms. The van der Waals surface area contributed by atoms with Crippen LogP contribution in [0.2, 0.25) is 0 Å². The molecule has 1 amide bonds. The van der Waals surface area contributed by atoms with Gasteiger partial charge in [0.25, 0.3) is 11.5 Å². The maximum atomic E-state index is 13.0. The molecule has 3 aromatic carbocycles. The van der Waals surface area contributed by atoms with Gasteiger partial charge in [0.05, 0.1) is 10.9 Å². The summed E-state index contributed by atoms with van der Waals surface area (Å²) in [5.74, 6) is 1.07. The maximum Gasteiger partial charge on any atom is 0.262 e. The van der Waals surface area contributed by atoms with Crippen LogP contribution < -0.4 is 10.9 Å². The van der Waals surface area contributed by atoms with Crippen molar-refractivity contribution in [2.24, 2.45) is 0 Å². The number of amides is 1. The molecule has 5 aromatic rings. The van der Waals surface area contributed by atoms with Crippen molar-refractivity contribution in [3.8, 4) is 0 Å². The van der Waals surface area contributed by atoms with Crippen LogP contribution in [0.3, 0.4) is 0 Å². The minimum absolute atomic E-state index is 0.0433. The van der Waals surface area contributed by atoms with Crippen molar-refractivity contribution in [3.05, 3.63) is 100 Å². The van der Waals surface area contributed by atoms with Gasteiger partial charge in [0.1, 0.15) is 0 Å². The van der Waals surface area contributed by atoms with E-state index < -0.39 is 0 Å². The van der Waals surface area contributed by atoms with Crippen LogP contribution in [0.4, 0.5) is 5.69 Å². The molecule has 0 bridgehead atoms. The molecule has 0 aliphatic rings. The Kier molecular flexibility index (Phi) is 6.14. The molecule has 0 atom stereocenters. The largest absolute Gasteiger partial charge is 0.322 e. The summed E-state index contributed by atoms with van der Waals surface area (Å²) < 4.78 is 3.65. The third-order valence-corrected chi connectivity index (χ3v) is 6.54. The Morgan fingerprint density at radius 2 is 1.68 bits per heavy atom. The molecule has 0 fully saturated rings. The molecule has 7 nitrogen and oxygen atoms in total. The zero-order chi connectivity index (χ0) is 23.5. The molecule has 1 N–H and O–H groups in total. The van der Waals surface area contributed by atoms with E-state index in [1.807, 2.05) is 90.2 Å². The van der Waals surface area contributed by atoms with Gasteiger partial charge in [0.2, 0.25) is 5.78 Å². The van der Waals surface area contributed by atoms with Crippen molar-refractivity contribution in [1.82, 2.24) is 19.2 Å². The lowest BCUT2D eigenvalue weighted by Crippen LogP contribution is -2.23. The molecule has 0 aliphatic heterocycles. The highest BCUT2D eigenvalue weighted by atomic mass is 32.2. The lowest BCUT2D eigenvalue weighted by molar-refractivity contribution is 0.102. The van der Waals surface area contributed by atoms with Gasteiger partial charge in [0.15, 0.2) is 5.16 Å². The Morgan fingerprint density at radius 3 is 2.44 bits per heavy atom. The van der Waals surface area contributed by atoms with Gasteiger partial charge in [-0.1, -0.05) is 61.2 Å². The van der Waals surface area contributed by atoms with Crippen LogP contribution in [0.15, 0.2) is 88.8 Å². The van der Waals surface area contributed by atoms with Crippen LogP contribution in [-0.2, 0) is 12.3 Å². The number of anilines is 1. The Hall–Kier alpha value is -3.91. The van der Waals surface area contributed by atoms with Gasteiger partial charge >= 0.3 is 0 Å². The highest BCUT2D eigenvalue weighted by molar-refractivity contribution is 7.98. The summed E-state index contributed by atoms with van der Waals surface area (Å²) >= 11 is 1.55. The predicted octanol–water partition coefficient (Wildman–Crippen LogP) is 5.00. The normalized spacial score (nSPS) is 11.2. The molecule has 0 aliphatic carbocycles. The summed E-state index contributed by atoms with van der Waals surface area (Å²) in [6, 6.07) is 24.5. The number of aryl methyl sites for hydroxylation is 1. The first kappa shape index (κ1) is 21.9. The molecule has 2 heterocycles. The van der Waals surface area contributed by atoms with Gasteiger partial charge in [-0.3, -0.25) is 18.6 Å². The second kappa shape index (κ2) is 9.52. The average Bonchev–Trinajstić information content (AvgIpc) is 3.30. The van der Waals surface area contributed by atoms with Gasteiger partial charge in [-0.25, -0.2) is 0 Å². The number of thioether (sulfide) groups is 1. The second-order valence-electron chi connectivity index (χ2n) is 7.90. The Morgan fingerprint density at radius 1 is 0.941 bits per heavy atom. The van der Waals surface area contributed by atoms with Crippen molar-refractivity contribution >= 4 is 40.0 Å². The van der Waals surface area contributed by atoms with E-state index in [1.54, 1.807) is 16.3 Å². The van der Waals surface area contributed by atoms with Crippen LogP contribution in [0.25, 0.3) is 16.7 Å². The van der Waals surface area contributed by atoms with Crippen molar-refractivity contribution in [2.45, 2.75) is 30.8 Å². The SMILES string of the molecule is CCCn1c(=O)c2ccccc2n2c(SCc3ccc(C(=O)Nc4ccccc4)cc3)nnc12. The van der Waals surface area contributed by atoms with Crippen molar-refractivity contribution in [2.75, 3.05) is 5.32 Å². The van der Waals surface area contributed by atoms with E-state index in [4.69, 9.17) is 0 Å². The number of hydrogen-bond donors (Lipinski definition) is 1. The molecule has 5 rings (SSSR count). The van der Waals surface area contributed by atoms with E-state index in [9.17, 15) is 9.59 Å². The molecule has 0 spiro atoms. The summed E-state index contributed by atoms with van der Waals surface area (Å²) in [6.45, 7) is 2.62. The maximum absolute atomic E-state index is 13.0. The summed E-state index contributed by atoms with van der Waals surface area (Å²) in [4.78, 5) is 25.5. The lowest BCUT2D eigenvalue weighted by Gasteiger charge is -2.10. The molecule has 2 aromatic heterocycles. The van der Waals surface area contributed by atoms with Crippen LogP contribution in [-0.4, -0.2) is 25.1 Å². The van der Waals surface area contributed by atoms with Crippen LogP contribution in [0.5, 0.6) is 0 Å². The molecule has 0 saturated heterocycles. The van der Waals surface area contributed by atoms with E-state index in [2.05, 4.69) is 15.5 Å². The molecule has 170 valence electrons. The fourth-order valence-electron chi connectivity index (χ4n) is 3.88. The molecule has 0 radical (unpaired) electrons. The fourth-order valence-corrected chi connectivity index (χ4v) is 4.77. The first-order chi connectivity index (χ1) is 16.7. The van der Waals surface area contributed by atoms with E-state index >= 15 is 0 Å². The summed E-state index contributed by atoms with van der Waals surface area (Å²) in [5, 5.41) is 13.0. The third-order valence-electron chi connectivity index (χ3n) is 5.54. The number of rotatable bonds is 7. The van der Waals surface area contributed by atoms with E-state index in [1.165, 1.54) is 0 Å². The average molecular weight is 470 g/mol. The van der Waals surface area contributed by atoms with E-state index in [-0.39, 0.29) is 11.5 Å². The number of hydrogen-bond acceptors (Lipinski definition) is 5. The van der Waals surface area contributed by atoms with Crippen LogP contribution >= 0.6 is 11.8 Å². The molecule has 34 heavy (non-hydrogen) atoms. The highest BCUT2D eigenvalue weighted by Crippen LogP contribution is 2.25. The third kappa shape index (κ3) is 4.20. The number of carbonyl (C=O) groups is 1. The lowest BCUT2D eigenvalue weighted by atomic mass is 10.1. The van der Waals surface area contributed by atoms with Crippen molar-refractivity contribution in [3.63, 3.8) is 0 Å². The van der Waals surface area contributed by atoms with Gasteiger partial charge < -0.3 is 5.32 Å². The molecular formula is C26H23N5O2S. The summed E-state index contributed by atoms with van der Waals surface area (Å²) in [6.07, 6.45) is 0.827. The van der Waals surface area contributed by atoms with Gasteiger partial charge in [-0.15, -0.1) is 10.2 Å². The Bertz CT molecular complexity index is 1520. The number of nitrogens with zero attached hydrogens (tertiary/aromatic N) is 4. The highest BCUT2D eigenvalue weighted by Gasteiger charge is 2.16. The van der Waals surface area contributed by atoms with Gasteiger partial charge in [-0.2, -0.15) is 0 Å². The first-order valence-electron chi connectivity index (χ1n) is 11.1. The number of benzene rings is 3. The van der Waals surface area contributed by atoms with Crippen LogP contribution in [0.1, 0.15) is 29.3 Å². The first-order valence-corrected chi connectivity index (χ1v) is 12.1. The standard InChI is InChI=1S/C26H23N5O2S/c1-2-16-30-24(33)21-10-6-7-11-22(21)31-25(30)28-29-26(31)34-17-18-12-14-19(15-13-18)23(32)27-20-8-4-3-5-9-20/h3-15H,2,16-17H2,1H3,(H,27,32). The quantitative estimate of drug-likeness (QED) is 0.339. The summed E-state index contributed by atoms with van der Waals surface area (Å²) in [5.41, 5.74) is 3.18. The molecular weight excluding hydrogens is 446 g/mol. The topological polar surface area (TPSA) is 81.3 Å². The van der Waals surface area contributed by atoms with Crippen LogP contribution in [0, 0.1) is 0 Å². The van der Waals surface area contributed by atoms with Gasteiger partial charge in [-0.05, 0) is 48.4 Å². The zero-order valence-electron chi connectivity index (χ0n) is 18.6. The second-order valence-corrected chi connectivity index (χ2v) is 8.84. The Balaban J connectivity index is 1.38. The predicted molar refractivity (Wildman–Crippen MR) is 135 cm³/mol. The molecule has 0 saturated carbocycles. The summed E-state index contributed by atoms with van der Waals surface area (Å²) in [7, 11) is 0. The minimum atomic E-state index is -0.144. The number of aromatic nitrogens is 4. The fraction of sp³-hybridized carbons (Fsp3) is 0.154. The number of nitrogens with one attached hydrogen (secondary N) is 1. The number of para-hydroxylation sites is 2. The van der Waals surface area contributed by atoms with Gasteiger partial charge in [0, 0.05) is 23.5 Å². The van der Waals surface area contributed by atoms with Crippen molar-refractivity contribution < 1.29 is 4.79 Å². The Labute approximate surface area is 200 Å². The van der Waals surface area contributed by atoms with Crippen molar-refractivity contribution in [1.29, 1.82) is 0 Å². The smallest absolute Gasteiger partial charge is 0.262 e. The van der Waals surface area contributed by atoms with E-state index in [0.29, 0.717) is 29.0 Å². The number of fused-ring (bicyclic) bond motifs is 3. The monoisotopic (exact) mass is 469 g/mol. The minimum Gasteiger partial charge on any atom is -0.322 e. The number of carbonyl (C=O) groups excluding carboxylic acids is 1. The molecule has 0 unspecified atom stereocenters. The zero-order valence-corrected chi connectivity index (χ0v) is 19.5. The van der Waals surface area contributed by atoms with E-state index in [0.717, 1.165) is 28.3 Å².